The molecule has 0 aliphatic rings. The molecule has 0 N–H and O–H groups in total. The fourth-order valence-electron chi connectivity index (χ4n) is 3.41. The van der Waals surface area contributed by atoms with Crippen molar-refractivity contribution in [3.05, 3.63) is 0 Å². The van der Waals surface area contributed by atoms with E-state index in [4.69, 9.17) is 0 Å². The lowest BCUT2D eigenvalue weighted by atomic mass is 9.17. The molecule has 0 bridgehead atoms. The molecule has 0 saturated heterocycles. The molecule has 0 spiro atoms. The van der Waals surface area contributed by atoms with Gasteiger partial charge < -0.3 is 0 Å². The minimum absolute atomic E-state index is 0. The summed E-state index contributed by atoms with van der Waals surface area (Å²) in [5, 5.41) is 0. The maximum atomic E-state index is 2.35. The Morgan fingerprint density at radius 3 is 0.941 bits per heavy atom. The van der Waals surface area contributed by atoms with Gasteiger partial charge in [-0.05, 0) is 0 Å². The van der Waals surface area contributed by atoms with Gasteiger partial charge in [-0.2, -0.15) is 25.3 Å². The highest BCUT2D eigenvalue weighted by Gasteiger charge is 2.22. The third-order valence-electron chi connectivity index (χ3n) is 4.68. The average Bonchev–Trinajstić information content (AvgIpc) is 2.37. The number of hydrogen-bond donors (Lipinski definition) is 0. The standard InChI is InChI=1S/C16H36B/c1-5-9-13-17(14-10-6-2,15-11-7-3)16-12-8-4/h5-16H2,1-4H3/q-1/p+1. The Morgan fingerprint density at radius 2 is 0.765 bits per heavy atom. The highest BCUT2D eigenvalue weighted by Crippen LogP contribution is 2.33. The smallest absolute Gasteiger partial charge is 0.178 e. The molecular formula is C16H37B. The summed E-state index contributed by atoms with van der Waals surface area (Å²) in [4.78, 5) is 0. The van der Waals surface area contributed by atoms with Gasteiger partial charge in [-0.1, -0.05) is 79.1 Å². The first-order valence-corrected chi connectivity index (χ1v) is 8.46. The SMILES string of the molecule is CCCC[B-](CCCC)(CCCC)CCCC.[H+]. The first-order chi connectivity index (χ1) is 8.24. The van der Waals surface area contributed by atoms with E-state index in [0.29, 0.717) is 0 Å². The van der Waals surface area contributed by atoms with Gasteiger partial charge in [0.25, 0.3) is 0 Å². The van der Waals surface area contributed by atoms with Crippen LogP contribution in [0.15, 0.2) is 0 Å². The van der Waals surface area contributed by atoms with Crippen molar-refractivity contribution in [3.63, 3.8) is 0 Å². The van der Waals surface area contributed by atoms with Crippen LogP contribution in [0.2, 0.25) is 25.3 Å². The van der Waals surface area contributed by atoms with Crippen LogP contribution in [0.1, 0.15) is 80.5 Å². The molecule has 1 heteroatoms. The fourth-order valence-corrected chi connectivity index (χ4v) is 3.41. The molecule has 0 rings (SSSR count). The molecule has 0 nitrogen and oxygen atoms in total. The molecule has 0 aromatic heterocycles. The maximum absolute atomic E-state index is 2.35. The molecule has 17 heavy (non-hydrogen) atoms. The molecule has 0 amide bonds. The van der Waals surface area contributed by atoms with Crippen LogP contribution in [0.5, 0.6) is 0 Å². The monoisotopic (exact) mass is 240 g/mol. The lowest BCUT2D eigenvalue weighted by Crippen LogP contribution is -2.33. The van der Waals surface area contributed by atoms with Gasteiger partial charge in [0.2, 0.25) is 0 Å². The quantitative estimate of drug-likeness (QED) is 0.331. The predicted octanol–water partition coefficient (Wildman–Crippen LogP) is 6.75. The van der Waals surface area contributed by atoms with E-state index < -0.39 is 0 Å². The van der Waals surface area contributed by atoms with Crippen LogP contribution in [-0.4, -0.2) is 6.15 Å². The first-order valence-electron chi connectivity index (χ1n) is 8.46. The van der Waals surface area contributed by atoms with E-state index in [-0.39, 0.29) is 7.57 Å². The topological polar surface area (TPSA) is 0 Å². The van der Waals surface area contributed by atoms with Crippen LogP contribution in [0.3, 0.4) is 0 Å². The molecule has 0 aliphatic heterocycles. The summed E-state index contributed by atoms with van der Waals surface area (Å²) in [6.07, 6.45) is 17.6. The van der Waals surface area contributed by atoms with E-state index in [0.717, 1.165) is 0 Å². The summed E-state index contributed by atoms with van der Waals surface area (Å²) in [6.45, 7) is 9.39. The first kappa shape index (κ1) is 17.1. The summed E-state index contributed by atoms with van der Waals surface area (Å²) < 4.78 is 0. The van der Waals surface area contributed by atoms with E-state index in [2.05, 4.69) is 27.7 Å². The van der Waals surface area contributed by atoms with E-state index in [1.54, 1.807) is 25.3 Å². The summed E-state index contributed by atoms with van der Waals surface area (Å²) in [7, 11) is 0. The Bertz CT molecular complexity index is 122. The van der Waals surface area contributed by atoms with Gasteiger partial charge in [-0.3, -0.25) is 0 Å². The van der Waals surface area contributed by atoms with Gasteiger partial charge in [-0.25, -0.2) is 0 Å². The van der Waals surface area contributed by atoms with E-state index in [1.807, 2.05) is 0 Å². The summed E-state index contributed by atoms with van der Waals surface area (Å²) in [5.41, 5.74) is 0. The van der Waals surface area contributed by atoms with Gasteiger partial charge in [-0.15, -0.1) is 0 Å². The summed E-state index contributed by atoms with van der Waals surface area (Å²) in [6, 6.07) is 0. The van der Waals surface area contributed by atoms with E-state index in [1.165, 1.54) is 51.4 Å². The van der Waals surface area contributed by atoms with Crippen molar-refractivity contribution in [3.8, 4) is 0 Å². The summed E-state index contributed by atoms with van der Waals surface area (Å²) in [5.74, 6) is 0. The highest BCUT2D eigenvalue weighted by atomic mass is 14.0. The van der Waals surface area contributed by atoms with Crippen LogP contribution in [0, 0.1) is 0 Å². The van der Waals surface area contributed by atoms with E-state index in [9.17, 15) is 0 Å². The molecular weight excluding hydrogens is 203 g/mol. The lowest BCUT2D eigenvalue weighted by molar-refractivity contribution is 0.762. The molecule has 0 atom stereocenters. The van der Waals surface area contributed by atoms with Crippen molar-refractivity contribution in [1.82, 2.24) is 0 Å². The van der Waals surface area contributed by atoms with Crippen molar-refractivity contribution in [1.29, 1.82) is 0 Å². The highest BCUT2D eigenvalue weighted by molar-refractivity contribution is 6.79. The molecule has 104 valence electrons. The Hall–Kier alpha value is 0.0649. The number of hydrogen-bond acceptors (Lipinski definition) is 0. The Morgan fingerprint density at radius 1 is 0.529 bits per heavy atom. The second kappa shape index (κ2) is 11.2. The van der Waals surface area contributed by atoms with Crippen LogP contribution >= 0.6 is 0 Å². The largest absolute Gasteiger partial charge is 1.00 e. The van der Waals surface area contributed by atoms with Gasteiger partial charge in [0.05, 0.1) is 0 Å². The second-order valence-electron chi connectivity index (χ2n) is 6.30. The molecule has 0 unspecified atom stereocenters. The Kier molecular flexibility index (Phi) is 11.2. The molecule has 0 saturated carbocycles. The molecule has 0 radical (unpaired) electrons. The Labute approximate surface area is 112 Å². The lowest BCUT2D eigenvalue weighted by Gasteiger charge is -2.40. The van der Waals surface area contributed by atoms with Crippen molar-refractivity contribution in [2.45, 2.75) is 104 Å². The number of unbranched alkanes of at least 4 members (excludes halogenated alkanes) is 4. The zero-order chi connectivity index (χ0) is 13.0. The summed E-state index contributed by atoms with van der Waals surface area (Å²) >= 11 is 0. The normalized spacial score (nSPS) is 12.0. The molecule has 0 aliphatic carbocycles. The van der Waals surface area contributed by atoms with Crippen LogP contribution in [-0.2, 0) is 0 Å². The van der Waals surface area contributed by atoms with Gasteiger partial charge in [0.1, 0.15) is 0 Å². The fraction of sp³-hybridized carbons (Fsp3) is 1.00. The Balaban J connectivity index is 0. The van der Waals surface area contributed by atoms with Crippen molar-refractivity contribution >= 4 is 6.15 Å². The van der Waals surface area contributed by atoms with Crippen LogP contribution < -0.4 is 0 Å². The molecule has 0 fully saturated rings. The van der Waals surface area contributed by atoms with Gasteiger partial charge >= 0.3 is 1.43 Å². The zero-order valence-corrected chi connectivity index (χ0v) is 13.1. The predicted molar refractivity (Wildman–Crippen MR) is 85.7 cm³/mol. The zero-order valence-electron chi connectivity index (χ0n) is 14.1. The van der Waals surface area contributed by atoms with Crippen LogP contribution in [0.25, 0.3) is 0 Å². The minimum Gasteiger partial charge on any atom is -0.178 e. The average molecular weight is 240 g/mol. The third-order valence-corrected chi connectivity index (χ3v) is 4.68. The van der Waals surface area contributed by atoms with Gasteiger partial charge in [0.15, 0.2) is 0 Å². The van der Waals surface area contributed by atoms with Crippen molar-refractivity contribution < 1.29 is 1.43 Å². The molecule has 0 aromatic rings. The van der Waals surface area contributed by atoms with Crippen molar-refractivity contribution in [2.24, 2.45) is 0 Å². The minimum atomic E-state index is -0.00722. The van der Waals surface area contributed by atoms with E-state index >= 15 is 0 Å². The number of rotatable bonds is 12. The maximum Gasteiger partial charge on any atom is 1.00 e. The van der Waals surface area contributed by atoms with Crippen LogP contribution in [0.4, 0.5) is 0 Å². The molecule has 0 aromatic carbocycles. The van der Waals surface area contributed by atoms with Crippen molar-refractivity contribution in [2.75, 3.05) is 0 Å². The molecule has 0 heterocycles. The second-order valence-corrected chi connectivity index (χ2v) is 6.30. The third kappa shape index (κ3) is 7.89. The van der Waals surface area contributed by atoms with Gasteiger partial charge in [0, 0.05) is 6.15 Å².